The molecular formula is C11H8FN3O7S. The first-order valence-electron chi connectivity index (χ1n) is 5.78. The molecule has 2 aromatic rings. The minimum atomic E-state index is -4.84. The molecule has 1 aromatic carbocycles. The summed E-state index contributed by atoms with van der Waals surface area (Å²) in [5.74, 6) is -1.73. The van der Waals surface area contributed by atoms with Gasteiger partial charge in [0.2, 0.25) is 5.82 Å². The van der Waals surface area contributed by atoms with E-state index in [1.165, 1.54) is 0 Å². The Morgan fingerprint density at radius 1 is 1.35 bits per heavy atom. The number of rotatable bonds is 4. The van der Waals surface area contributed by atoms with Crippen LogP contribution in [0.3, 0.4) is 0 Å². The molecular weight excluding hydrogens is 337 g/mol. The van der Waals surface area contributed by atoms with Crippen molar-refractivity contribution in [2.75, 3.05) is 7.11 Å². The van der Waals surface area contributed by atoms with E-state index < -0.39 is 42.6 Å². The van der Waals surface area contributed by atoms with Crippen LogP contribution in [0, 0.1) is 15.9 Å². The van der Waals surface area contributed by atoms with E-state index in [1.54, 1.807) is 4.98 Å². The number of H-pyrrole nitrogens is 1. The molecule has 0 spiro atoms. The van der Waals surface area contributed by atoms with Crippen molar-refractivity contribution >= 4 is 15.7 Å². The number of aromatic amines is 1. The highest BCUT2D eigenvalue weighted by molar-refractivity contribution is 7.89. The molecule has 1 aromatic heterocycles. The molecule has 0 bridgehead atoms. The first-order chi connectivity index (χ1) is 10.7. The number of nitrogens with zero attached hydrogens (tertiary/aromatic N) is 2. The van der Waals surface area contributed by atoms with Gasteiger partial charge in [0.15, 0.2) is 5.75 Å². The maximum atomic E-state index is 13.2. The van der Waals surface area contributed by atoms with E-state index >= 15 is 0 Å². The lowest BCUT2D eigenvalue weighted by atomic mass is 10.3. The van der Waals surface area contributed by atoms with E-state index in [0.717, 1.165) is 19.2 Å². The van der Waals surface area contributed by atoms with Crippen molar-refractivity contribution in [2.45, 2.75) is 4.90 Å². The lowest BCUT2D eigenvalue weighted by molar-refractivity contribution is -0.386. The van der Waals surface area contributed by atoms with Crippen molar-refractivity contribution in [3.05, 3.63) is 61.2 Å². The van der Waals surface area contributed by atoms with Crippen LogP contribution in [0.5, 0.6) is 5.75 Å². The van der Waals surface area contributed by atoms with Crippen LogP contribution in [-0.2, 0) is 10.0 Å². The normalized spacial score (nSPS) is 11.2. The maximum Gasteiger partial charge on any atom is 0.342 e. The smallest absolute Gasteiger partial charge is 0.342 e. The number of ether oxygens (including phenoxy) is 1. The lowest BCUT2D eigenvalue weighted by Gasteiger charge is -2.07. The molecule has 0 radical (unpaired) electrons. The monoisotopic (exact) mass is 345 g/mol. The molecule has 0 aliphatic carbocycles. The van der Waals surface area contributed by atoms with Crippen LogP contribution in [0.2, 0.25) is 0 Å². The van der Waals surface area contributed by atoms with Crippen LogP contribution in [-0.4, -0.2) is 29.4 Å². The summed E-state index contributed by atoms with van der Waals surface area (Å²) in [5.41, 5.74) is -3.81. The molecule has 0 amide bonds. The average Bonchev–Trinajstić information content (AvgIpc) is 2.50. The summed E-state index contributed by atoms with van der Waals surface area (Å²) in [6, 6.07) is 2.46. The van der Waals surface area contributed by atoms with Gasteiger partial charge in [-0.2, -0.15) is 4.39 Å². The fourth-order valence-electron chi connectivity index (χ4n) is 1.73. The molecule has 2 rings (SSSR count). The molecule has 0 saturated carbocycles. The predicted octanol–water partition coefficient (Wildman–Crippen LogP) is -0.170. The number of benzene rings is 1. The van der Waals surface area contributed by atoms with Crippen LogP contribution in [0.4, 0.5) is 10.1 Å². The highest BCUT2D eigenvalue weighted by Gasteiger charge is 2.27. The van der Waals surface area contributed by atoms with Gasteiger partial charge in [-0.05, 0) is 12.1 Å². The second-order valence-corrected chi connectivity index (χ2v) is 5.89. The van der Waals surface area contributed by atoms with E-state index in [2.05, 4.69) is 0 Å². The topological polar surface area (TPSA) is 141 Å². The number of nitrogens with one attached hydrogen (secondary N) is 1. The quantitative estimate of drug-likeness (QED) is 0.599. The zero-order chi connectivity index (χ0) is 17.4. The molecule has 1 heterocycles. The summed E-state index contributed by atoms with van der Waals surface area (Å²) in [4.78, 5) is 34.1. The predicted molar refractivity (Wildman–Crippen MR) is 73.5 cm³/mol. The Kier molecular flexibility index (Phi) is 4.01. The maximum absolute atomic E-state index is 13.2. The minimum Gasteiger partial charge on any atom is -0.490 e. The van der Waals surface area contributed by atoms with Gasteiger partial charge in [0, 0.05) is 12.3 Å². The number of hydrogen-bond donors (Lipinski definition) is 1. The van der Waals surface area contributed by atoms with Gasteiger partial charge in [-0.15, -0.1) is 3.97 Å². The molecule has 12 heteroatoms. The highest BCUT2D eigenvalue weighted by Crippen LogP contribution is 2.29. The third-order valence-corrected chi connectivity index (χ3v) is 4.44. The Balaban J connectivity index is 2.79. The molecule has 0 fully saturated rings. The largest absolute Gasteiger partial charge is 0.490 e. The molecule has 0 saturated heterocycles. The van der Waals surface area contributed by atoms with E-state index in [0.29, 0.717) is 12.3 Å². The Bertz CT molecular complexity index is 1010. The van der Waals surface area contributed by atoms with Gasteiger partial charge in [-0.25, -0.2) is 13.2 Å². The van der Waals surface area contributed by atoms with Crippen molar-refractivity contribution in [3.63, 3.8) is 0 Å². The highest BCUT2D eigenvalue weighted by atomic mass is 32.2. The first-order valence-corrected chi connectivity index (χ1v) is 7.22. The van der Waals surface area contributed by atoms with Gasteiger partial charge in [0.1, 0.15) is 0 Å². The summed E-state index contributed by atoms with van der Waals surface area (Å²) < 4.78 is 42.2. The zero-order valence-corrected chi connectivity index (χ0v) is 12.2. The summed E-state index contributed by atoms with van der Waals surface area (Å²) in [6.07, 6.45) is 0.410. The van der Waals surface area contributed by atoms with Gasteiger partial charge in [0.25, 0.3) is 10.0 Å². The second-order valence-electron chi connectivity index (χ2n) is 4.11. The van der Waals surface area contributed by atoms with Crippen molar-refractivity contribution in [3.8, 4) is 5.75 Å². The van der Waals surface area contributed by atoms with Crippen LogP contribution in [0.25, 0.3) is 0 Å². The van der Waals surface area contributed by atoms with Crippen molar-refractivity contribution in [1.29, 1.82) is 0 Å². The van der Waals surface area contributed by atoms with E-state index in [9.17, 15) is 32.5 Å². The van der Waals surface area contributed by atoms with Crippen molar-refractivity contribution in [1.82, 2.24) is 8.96 Å². The molecule has 10 nitrogen and oxygen atoms in total. The number of nitro benzene ring substituents is 1. The fourth-order valence-corrected chi connectivity index (χ4v) is 3.02. The number of halogens is 1. The van der Waals surface area contributed by atoms with Gasteiger partial charge in [-0.3, -0.25) is 14.9 Å². The average molecular weight is 345 g/mol. The van der Waals surface area contributed by atoms with Crippen LogP contribution < -0.4 is 16.0 Å². The molecule has 0 aliphatic rings. The molecule has 0 aliphatic heterocycles. The second kappa shape index (κ2) is 5.64. The fraction of sp³-hybridized carbons (Fsp3) is 0.0909. The third kappa shape index (κ3) is 2.70. The van der Waals surface area contributed by atoms with Crippen molar-refractivity contribution in [2.24, 2.45) is 0 Å². The minimum absolute atomic E-state index is 0.227. The van der Waals surface area contributed by atoms with Crippen molar-refractivity contribution < 1.29 is 22.5 Å². The van der Waals surface area contributed by atoms with Gasteiger partial charge >= 0.3 is 16.9 Å². The molecule has 0 atom stereocenters. The van der Waals surface area contributed by atoms with Gasteiger partial charge in [-0.1, -0.05) is 0 Å². The van der Waals surface area contributed by atoms with E-state index in [1.807, 2.05) is 0 Å². The molecule has 0 unspecified atom stereocenters. The Morgan fingerprint density at radius 2 is 2.00 bits per heavy atom. The lowest BCUT2D eigenvalue weighted by Crippen LogP contribution is -2.41. The summed E-state index contributed by atoms with van der Waals surface area (Å²) >= 11 is 0. The molecule has 1 N–H and O–H groups in total. The van der Waals surface area contributed by atoms with Crippen LogP contribution >= 0.6 is 0 Å². The van der Waals surface area contributed by atoms with E-state index in [-0.39, 0.29) is 9.72 Å². The number of nitro groups is 1. The van der Waals surface area contributed by atoms with E-state index in [4.69, 9.17) is 4.74 Å². The summed E-state index contributed by atoms with van der Waals surface area (Å²) in [5, 5.41) is 10.9. The van der Waals surface area contributed by atoms with Crippen LogP contribution in [0.1, 0.15) is 0 Å². The van der Waals surface area contributed by atoms with Gasteiger partial charge < -0.3 is 9.72 Å². The summed E-state index contributed by atoms with van der Waals surface area (Å²) in [6.45, 7) is 0. The number of aromatic nitrogens is 2. The first kappa shape index (κ1) is 16.4. The SMILES string of the molecule is COc1ccc(S(=O)(=O)n2c(=O)[nH]cc(F)c2=O)cc1[N+](=O)[O-]. The third-order valence-electron chi connectivity index (χ3n) is 2.78. The number of methoxy groups -OCH3 is 1. The zero-order valence-electron chi connectivity index (χ0n) is 11.3. The summed E-state index contributed by atoms with van der Waals surface area (Å²) in [7, 11) is -3.71. The standard InChI is InChI=1S/C11H8FN3O7S/c1-22-9-3-2-6(4-8(9)15(18)19)23(20,21)14-10(16)7(12)5-13-11(14)17/h2-5H,1H3,(H,13,17). The number of hydrogen-bond acceptors (Lipinski definition) is 7. The van der Waals surface area contributed by atoms with Gasteiger partial charge in [0.05, 0.1) is 16.9 Å². The Labute approximate surface area is 127 Å². The Hall–Kier alpha value is -3.02. The Morgan fingerprint density at radius 3 is 2.57 bits per heavy atom. The molecule has 23 heavy (non-hydrogen) atoms. The molecule has 122 valence electrons. The van der Waals surface area contributed by atoms with Crippen LogP contribution in [0.15, 0.2) is 38.9 Å².